The maximum absolute atomic E-state index is 12.9. The molecule has 2 aromatic rings. The number of piperazine rings is 1. The second-order valence-corrected chi connectivity index (χ2v) is 12.0. The summed E-state index contributed by atoms with van der Waals surface area (Å²) in [5, 5.41) is 0. The third-order valence-electron chi connectivity index (χ3n) is 7.83. The van der Waals surface area contributed by atoms with Crippen molar-refractivity contribution in [1.82, 2.24) is 9.80 Å². The lowest BCUT2D eigenvalue weighted by Gasteiger charge is -2.36. The molecule has 0 atom stereocenters. The molecule has 3 aliphatic rings. The largest absolute Gasteiger partial charge is 0.368 e. The normalized spacial score (nSPS) is 20.3. The van der Waals surface area contributed by atoms with Gasteiger partial charge in [0.2, 0.25) is 0 Å². The van der Waals surface area contributed by atoms with Gasteiger partial charge in [-0.2, -0.15) is 0 Å². The Kier molecular flexibility index (Phi) is 6.67. The van der Waals surface area contributed by atoms with Crippen molar-refractivity contribution in [2.24, 2.45) is 0 Å². The Hall–Kier alpha value is -2.38. The Bertz CT molecular complexity index is 1130. The number of carbonyl (C=O) groups excluding carboxylic acids is 1. The molecule has 0 radical (unpaired) electrons. The van der Waals surface area contributed by atoms with Crippen LogP contribution in [0.2, 0.25) is 0 Å². The van der Waals surface area contributed by atoms with Gasteiger partial charge in [0.05, 0.1) is 4.90 Å². The smallest absolute Gasteiger partial charge is 0.253 e. The second kappa shape index (κ2) is 9.70. The minimum Gasteiger partial charge on any atom is -0.368 e. The SMILES string of the molecule is CS(=O)(=O)c1ccc(C(=O)N2CCN(c3ccc4c(c3)CCN(C3CCCC3)CC4)CC2)cc1. The molecule has 6 nitrogen and oxygen atoms in total. The summed E-state index contributed by atoms with van der Waals surface area (Å²) < 4.78 is 23.3. The lowest BCUT2D eigenvalue weighted by Crippen LogP contribution is -2.48. The molecular weight excluding hydrogens is 446 g/mol. The maximum Gasteiger partial charge on any atom is 0.253 e. The third-order valence-corrected chi connectivity index (χ3v) is 8.96. The molecule has 2 aromatic carbocycles. The first kappa shape index (κ1) is 23.4. The Morgan fingerprint density at radius 1 is 0.824 bits per heavy atom. The van der Waals surface area contributed by atoms with Crippen molar-refractivity contribution in [3.05, 3.63) is 59.2 Å². The van der Waals surface area contributed by atoms with E-state index in [2.05, 4.69) is 28.0 Å². The number of fused-ring (bicyclic) bond motifs is 1. The lowest BCUT2D eigenvalue weighted by atomic mass is 10.0. The van der Waals surface area contributed by atoms with E-state index in [1.54, 1.807) is 12.1 Å². The van der Waals surface area contributed by atoms with Crippen LogP contribution in [0, 0.1) is 0 Å². The summed E-state index contributed by atoms with van der Waals surface area (Å²) in [6.45, 7) is 5.29. The van der Waals surface area contributed by atoms with Gasteiger partial charge < -0.3 is 9.80 Å². The number of carbonyl (C=O) groups is 1. The van der Waals surface area contributed by atoms with Gasteiger partial charge >= 0.3 is 0 Å². The molecule has 5 rings (SSSR count). The van der Waals surface area contributed by atoms with Gasteiger partial charge in [0.1, 0.15) is 0 Å². The Balaban J connectivity index is 1.19. The Morgan fingerprint density at radius 2 is 1.47 bits per heavy atom. The molecule has 1 amide bonds. The van der Waals surface area contributed by atoms with Crippen LogP contribution >= 0.6 is 0 Å². The van der Waals surface area contributed by atoms with Crippen LogP contribution in [0.25, 0.3) is 0 Å². The van der Waals surface area contributed by atoms with Gasteiger partial charge in [-0.05, 0) is 73.2 Å². The van der Waals surface area contributed by atoms with Gasteiger partial charge in [0, 0.05) is 62.8 Å². The summed E-state index contributed by atoms with van der Waals surface area (Å²) in [6, 6.07) is 14.0. The standard InChI is InChI=1S/C27H35N3O3S/c1-34(32,33)26-10-7-22(8-11-26)27(31)30-18-16-29(17-19-30)25-9-6-21-12-14-28(15-13-23(21)20-25)24-4-2-3-5-24/h6-11,20,24H,2-5,12-19H2,1H3. The third kappa shape index (κ3) is 5.01. The van der Waals surface area contributed by atoms with Gasteiger partial charge in [-0.15, -0.1) is 0 Å². The molecule has 34 heavy (non-hydrogen) atoms. The van der Waals surface area contributed by atoms with Crippen molar-refractivity contribution in [3.63, 3.8) is 0 Å². The van der Waals surface area contributed by atoms with E-state index in [9.17, 15) is 13.2 Å². The molecule has 0 unspecified atom stereocenters. The number of hydrogen-bond donors (Lipinski definition) is 0. The average molecular weight is 482 g/mol. The van der Waals surface area contributed by atoms with Gasteiger partial charge in [-0.1, -0.05) is 18.9 Å². The molecule has 1 saturated heterocycles. The number of amides is 1. The van der Waals surface area contributed by atoms with E-state index in [4.69, 9.17) is 0 Å². The zero-order chi connectivity index (χ0) is 23.7. The van der Waals surface area contributed by atoms with E-state index in [0.29, 0.717) is 18.7 Å². The number of sulfone groups is 1. The van der Waals surface area contributed by atoms with Gasteiger partial charge in [0.15, 0.2) is 9.84 Å². The number of rotatable bonds is 4. The number of benzene rings is 2. The number of anilines is 1. The molecule has 2 heterocycles. The first-order valence-corrected chi connectivity index (χ1v) is 14.5. The van der Waals surface area contributed by atoms with Crippen molar-refractivity contribution in [2.45, 2.75) is 49.5 Å². The maximum atomic E-state index is 12.9. The zero-order valence-electron chi connectivity index (χ0n) is 20.1. The summed E-state index contributed by atoms with van der Waals surface area (Å²) in [5.74, 6) is -0.0337. The second-order valence-electron chi connectivity index (χ2n) is 10.0. The fourth-order valence-corrected chi connectivity index (χ4v) is 6.39. The average Bonchev–Trinajstić information content (AvgIpc) is 3.30. The Labute approximate surface area is 203 Å². The summed E-state index contributed by atoms with van der Waals surface area (Å²) in [4.78, 5) is 20.1. The molecule has 1 saturated carbocycles. The fourth-order valence-electron chi connectivity index (χ4n) is 5.76. The van der Waals surface area contributed by atoms with Crippen LogP contribution in [0.1, 0.15) is 47.2 Å². The quantitative estimate of drug-likeness (QED) is 0.670. The highest BCUT2D eigenvalue weighted by molar-refractivity contribution is 7.90. The van der Waals surface area contributed by atoms with E-state index in [1.807, 2.05) is 4.90 Å². The highest BCUT2D eigenvalue weighted by atomic mass is 32.2. The first-order valence-electron chi connectivity index (χ1n) is 12.6. The minimum absolute atomic E-state index is 0.0337. The molecule has 0 bridgehead atoms. The van der Waals surface area contributed by atoms with Crippen molar-refractivity contribution in [1.29, 1.82) is 0 Å². The topological polar surface area (TPSA) is 60.9 Å². The number of hydrogen-bond acceptors (Lipinski definition) is 5. The van der Waals surface area contributed by atoms with Gasteiger partial charge in [0.25, 0.3) is 5.91 Å². The lowest BCUT2D eigenvalue weighted by molar-refractivity contribution is 0.0746. The van der Waals surface area contributed by atoms with Crippen molar-refractivity contribution in [3.8, 4) is 0 Å². The number of nitrogens with zero attached hydrogens (tertiary/aromatic N) is 3. The summed E-state index contributed by atoms with van der Waals surface area (Å²) in [7, 11) is -3.26. The van der Waals surface area contributed by atoms with E-state index in [0.717, 1.165) is 32.0 Å². The van der Waals surface area contributed by atoms with E-state index < -0.39 is 9.84 Å². The van der Waals surface area contributed by atoms with E-state index in [1.165, 1.54) is 74.0 Å². The predicted molar refractivity (Wildman–Crippen MR) is 135 cm³/mol. The molecule has 1 aliphatic carbocycles. The summed E-state index contributed by atoms with van der Waals surface area (Å²) in [5.41, 5.74) is 4.79. The van der Waals surface area contributed by atoms with Crippen LogP contribution < -0.4 is 4.90 Å². The monoisotopic (exact) mass is 481 g/mol. The van der Waals surface area contributed by atoms with Crippen molar-refractivity contribution in [2.75, 3.05) is 50.4 Å². The van der Waals surface area contributed by atoms with E-state index in [-0.39, 0.29) is 10.8 Å². The first-order chi connectivity index (χ1) is 16.4. The van der Waals surface area contributed by atoms with Gasteiger partial charge in [-0.25, -0.2) is 8.42 Å². The van der Waals surface area contributed by atoms with Crippen LogP contribution in [-0.4, -0.2) is 75.7 Å². The fraction of sp³-hybridized carbons (Fsp3) is 0.519. The molecule has 0 spiro atoms. The van der Waals surface area contributed by atoms with E-state index >= 15 is 0 Å². The molecule has 2 fully saturated rings. The van der Waals surface area contributed by atoms with Crippen LogP contribution in [0.5, 0.6) is 0 Å². The predicted octanol–water partition coefficient (Wildman–Crippen LogP) is 3.40. The van der Waals surface area contributed by atoms with Crippen LogP contribution in [-0.2, 0) is 22.7 Å². The molecule has 182 valence electrons. The highest BCUT2D eigenvalue weighted by Crippen LogP contribution is 2.28. The van der Waals surface area contributed by atoms with Crippen molar-refractivity contribution >= 4 is 21.4 Å². The van der Waals surface area contributed by atoms with Crippen LogP contribution in [0.4, 0.5) is 5.69 Å². The highest BCUT2D eigenvalue weighted by Gasteiger charge is 2.26. The molecular formula is C27H35N3O3S. The molecule has 0 N–H and O–H groups in total. The molecule has 2 aliphatic heterocycles. The summed E-state index contributed by atoms with van der Waals surface area (Å²) >= 11 is 0. The van der Waals surface area contributed by atoms with Crippen molar-refractivity contribution < 1.29 is 13.2 Å². The summed E-state index contributed by atoms with van der Waals surface area (Å²) in [6.07, 6.45) is 8.96. The van der Waals surface area contributed by atoms with Crippen LogP contribution in [0.15, 0.2) is 47.4 Å². The minimum atomic E-state index is -3.26. The van der Waals surface area contributed by atoms with Crippen LogP contribution in [0.3, 0.4) is 0 Å². The molecule has 0 aromatic heterocycles. The zero-order valence-corrected chi connectivity index (χ0v) is 20.9. The van der Waals surface area contributed by atoms with Gasteiger partial charge in [-0.3, -0.25) is 9.69 Å². The molecule has 7 heteroatoms. The Morgan fingerprint density at radius 3 is 2.12 bits per heavy atom.